The lowest BCUT2D eigenvalue weighted by Gasteiger charge is -2.30. The summed E-state index contributed by atoms with van der Waals surface area (Å²) < 4.78 is 5.41. The van der Waals surface area contributed by atoms with Gasteiger partial charge in [0.25, 0.3) is 17.7 Å². The third kappa shape index (κ3) is 5.56. The Balaban J connectivity index is 1.39. The lowest BCUT2D eigenvalue weighted by atomic mass is 9.78. The van der Waals surface area contributed by atoms with Gasteiger partial charge in [-0.1, -0.05) is 60.5 Å². The molecule has 1 fully saturated rings. The minimum atomic E-state index is -0.742. The third-order valence-electron chi connectivity index (χ3n) is 7.40. The Morgan fingerprint density at radius 1 is 0.927 bits per heavy atom. The number of fused-ring (bicyclic) bond motifs is 1. The van der Waals surface area contributed by atoms with Gasteiger partial charge in [-0.05, 0) is 67.8 Å². The summed E-state index contributed by atoms with van der Waals surface area (Å²) in [5, 5.41) is 1.84. The fourth-order valence-corrected chi connectivity index (χ4v) is 5.38. The Morgan fingerprint density at radius 3 is 2.24 bits per heavy atom. The number of nitrogens with zero attached hydrogens (tertiary/aromatic N) is 2. The molecule has 0 saturated carbocycles. The fourth-order valence-electron chi connectivity index (χ4n) is 5.17. The lowest BCUT2D eigenvalue weighted by Crippen LogP contribution is -2.52. The molecular weight excluding hydrogens is 544 g/mol. The Bertz CT molecular complexity index is 1560. The van der Waals surface area contributed by atoms with Gasteiger partial charge >= 0.3 is 5.97 Å². The van der Waals surface area contributed by atoms with Crippen molar-refractivity contribution < 1.29 is 28.7 Å². The fraction of sp³-hybridized carbons (Fsp3) is 0.219. The van der Waals surface area contributed by atoms with Gasteiger partial charge in [0.2, 0.25) is 0 Å². The number of esters is 1. The number of halogens is 1. The Kier molecular flexibility index (Phi) is 7.85. The Labute approximate surface area is 242 Å². The van der Waals surface area contributed by atoms with E-state index in [1.54, 1.807) is 36.4 Å². The van der Waals surface area contributed by atoms with Gasteiger partial charge in [-0.2, -0.15) is 5.01 Å². The normalized spacial score (nSPS) is 19.6. The van der Waals surface area contributed by atoms with Crippen LogP contribution in [0, 0.1) is 24.7 Å². The van der Waals surface area contributed by atoms with Crippen LogP contribution in [0.4, 0.5) is 0 Å². The number of allylic oxidation sites excluding steroid dienone is 2. The molecular formula is C32H27ClN2O6. The van der Waals surface area contributed by atoms with E-state index in [0.717, 1.165) is 15.6 Å². The van der Waals surface area contributed by atoms with Crippen LogP contribution in [0.15, 0.2) is 84.9 Å². The van der Waals surface area contributed by atoms with Crippen molar-refractivity contribution >= 4 is 41.1 Å². The molecule has 9 heteroatoms. The number of Topliss-reactive ketones (excluding diaryl/α,β-unsaturated/α-hetero) is 1. The number of carbonyl (C=O) groups is 5. The molecule has 0 spiro atoms. The van der Waals surface area contributed by atoms with Crippen molar-refractivity contribution in [1.82, 2.24) is 10.0 Å². The highest BCUT2D eigenvalue weighted by Crippen LogP contribution is 2.39. The van der Waals surface area contributed by atoms with Gasteiger partial charge in [0.05, 0.1) is 28.0 Å². The number of hydrogen-bond donors (Lipinski definition) is 0. The van der Waals surface area contributed by atoms with Crippen LogP contribution in [-0.2, 0) is 9.59 Å². The van der Waals surface area contributed by atoms with Gasteiger partial charge in [0.15, 0.2) is 5.78 Å². The smallest absolute Gasteiger partial charge is 0.343 e. The summed E-state index contributed by atoms with van der Waals surface area (Å²) in [6.45, 7) is 3.18. The minimum Gasteiger partial charge on any atom is -0.423 e. The number of hydrogen-bond acceptors (Lipinski definition) is 6. The summed E-state index contributed by atoms with van der Waals surface area (Å²) in [4.78, 5) is 66.5. The van der Waals surface area contributed by atoms with Crippen molar-refractivity contribution in [1.29, 1.82) is 0 Å². The number of aryl methyl sites for hydroxylation is 1. The molecule has 3 amide bonds. The predicted octanol–water partition coefficient (Wildman–Crippen LogP) is 5.30. The first-order chi connectivity index (χ1) is 19.7. The summed E-state index contributed by atoms with van der Waals surface area (Å²) >= 11 is 6.28. The highest BCUT2D eigenvalue weighted by molar-refractivity contribution is 6.34. The highest BCUT2D eigenvalue weighted by atomic mass is 35.5. The molecule has 0 radical (unpaired) electrons. The zero-order valence-electron chi connectivity index (χ0n) is 22.5. The molecule has 3 atom stereocenters. The molecule has 8 nitrogen and oxygen atoms in total. The molecule has 3 aromatic carbocycles. The molecule has 2 aliphatic rings. The number of amides is 3. The van der Waals surface area contributed by atoms with Crippen LogP contribution in [0.25, 0.3) is 0 Å². The maximum atomic E-state index is 13.7. The van der Waals surface area contributed by atoms with Crippen molar-refractivity contribution in [3.8, 4) is 5.75 Å². The topological polar surface area (TPSA) is 101 Å². The van der Waals surface area contributed by atoms with Gasteiger partial charge in [0, 0.05) is 5.56 Å². The predicted molar refractivity (Wildman–Crippen MR) is 151 cm³/mol. The summed E-state index contributed by atoms with van der Waals surface area (Å²) in [5.41, 5.74) is 1.65. The Morgan fingerprint density at radius 2 is 1.59 bits per heavy atom. The number of benzene rings is 3. The number of ether oxygens (including phenoxy) is 1. The molecule has 1 aliphatic heterocycles. The number of ketones is 1. The molecule has 1 heterocycles. The standard InChI is InChI=1S/C32H27ClN2O6/c1-19-10-12-22(13-11-19)32(40)41-23-16-14-21(15-17-23)27(36)18-34(29(37)24-7-3-4-9-26(24)33)35-30(38)25-8-5-6-20(2)28(25)31(35)39/h3-7,9-17,20,25,28H,8,18H2,1-2H3/t20-,25+,28+/m0/s1. The maximum absolute atomic E-state index is 13.7. The average Bonchev–Trinajstić information content (AvgIpc) is 3.22. The largest absolute Gasteiger partial charge is 0.423 e. The van der Waals surface area contributed by atoms with Crippen LogP contribution in [-0.4, -0.2) is 46.0 Å². The summed E-state index contributed by atoms with van der Waals surface area (Å²) in [6.07, 6.45) is 4.12. The van der Waals surface area contributed by atoms with Crippen LogP contribution >= 0.6 is 11.6 Å². The summed E-state index contributed by atoms with van der Waals surface area (Å²) in [5.74, 6) is -4.06. The van der Waals surface area contributed by atoms with Crippen LogP contribution < -0.4 is 4.74 Å². The van der Waals surface area contributed by atoms with Crippen LogP contribution in [0.3, 0.4) is 0 Å². The van der Waals surface area contributed by atoms with E-state index >= 15 is 0 Å². The molecule has 1 saturated heterocycles. The van der Waals surface area contributed by atoms with Crippen LogP contribution in [0.5, 0.6) is 5.75 Å². The molecule has 208 valence electrons. The third-order valence-corrected chi connectivity index (χ3v) is 7.73. The lowest BCUT2D eigenvalue weighted by molar-refractivity contribution is -0.154. The second-order valence-corrected chi connectivity index (χ2v) is 10.6. The summed E-state index contributed by atoms with van der Waals surface area (Å²) in [6, 6.07) is 19.0. The maximum Gasteiger partial charge on any atom is 0.343 e. The SMILES string of the molecule is Cc1ccc(C(=O)Oc2ccc(C(=O)CN(C(=O)c3ccccc3Cl)N3C(=O)[C@@H]4[C@@H](C)C=CC[C@H]4C3=O)cc2)cc1. The monoisotopic (exact) mass is 570 g/mol. The van der Waals surface area contributed by atoms with Crippen molar-refractivity contribution in [2.75, 3.05) is 6.54 Å². The number of hydrazine groups is 1. The zero-order chi connectivity index (χ0) is 29.3. The molecule has 0 N–H and O–H groups in total. The van der Waals surface area contributed by atoms with Gasteiger partial charge in [-0.3, -0.25) is 19.2 Å². The van der Waals surface area contributed by atoms with E-state index in [-0.39, 0.29) is 27.8 Å². The first-order valence-electron chi connectivity index (χ1n) is 13.2. The average molecular weight is 571 g/mol. The van der Waals surface area contributed by atoms with E-state index in [0.29, 0.717) is 12.0 Å². The van der Waals surface area contributed by atoms with E-state index in [2.05, 4.69) is 0 Å². The first-order valence-corrected chi connectivity index (χ1v) is 13.6. The number of imide groups is 1. The zero-order valence-corrected chi connectivity index (χ0v) is 23.2. The van der Waals surface area contributed by atoms with E-state index < -0.39 is 47.9 Å². The quantitative estimate of drug-likeness (QED) is 0.126. The van der Waals surface area contributed by atoms with Crippen LogP contribution in [0.1, 0.15) is 50.0 Å². The molecule has 5 rings (SSSR count). The molecule has 41 heavy (non-hydrogen) atoms. The molecule has 0 aromatic heterocycles. The highest BCUT2D eigenvalue weighted by Gasteiger charge is 2.53. The van der Waals surface area contributed by atoms with Crippen LogP contribution in [0.2, 0.25) is 5.02 Å². The van der Waals surface area contributed by atoms with Gasteiger partial charge in [-0.25, -0.2) is 9.80 Å². The van der Waals surface area contributed by atoms with Crippen molar-refractivity contribution in [2.24, 2.45) is 17.8 Å². The van der Waals surface area contributed by atoms with Gasteiger partial charge < -0.3 is 4.74 Å². The van der Waals surface area contributed by atoms with E-state index in [1.165, 1.54) is 36.4 Å². The van der Waals surface area contributed by atoms with Crippen molar-refractivity contribution in [3.05, 3.63) is 112 Å². The second-order valence-electron chi connectivity index (χ2n) is 10.2. The molecule has 1 aliphatic carbocycles. The first kappa shape index (κ1) is 28.0. The number of carbonyl (C=O) groups excluding carboxylic acids is 5. The molecule has 0 unspecified atom stereocenters. The summed E-state index contributed by atoms with van der Waals surface area (Å²) in [7, 11) is 0. The second kappa shape index (κ2) is 11.5. The number of rotatable bonds is 7. The van der Waals surface area contributed by atoms with Crippen molar-refractivity contribution in [2.45, 2.75) is 20.3 Å². The van der Waals surface area contributed by atoms with Gasteiger partial charge in [-0.15, -0.1) is 0 Å². The molecule has 0 bridgehead atoms. The van der Waals surface area contributed by atoms with E-state index in [9.17, 15) is 24.0 Å². The van der Waals surface area contributed by atoms with Gasteiger partial charge in [0.1, 0.15) is 12.3 Å². The van der Waals surface area contributed by atoms with E-state index in [1.807, 2.05) is 26.0 Å². The Hall–Kier alpha value is -4.56. The van der Waals surface area contributed by atoms with Crippen molar-refractivity contribution in [3.63, 3.8) is 0 Å². The minimum absolute atomic E-state index is 0.0574. The molecule has 3 aromatic rings. The van der Waals surface area contributed by atoms with E-state index in [4.69, 9.17) is 16.3 Å².